The number of carbonyl (C=O) groups excluding carboxylic acids is 1. The molecule has 0 radical (unpaired) electrons. The molecule has 3 rings (SSSR count). The minimum absolute atomic E-state index is 0.184. The van der Waals surface area contributed by atoms with E-state index < -0.39 is 0 Å². The van der Waals surface area contributed by atoms with Crippen molar-refractivity contribution < 1.29 is 9.53 Å². The summed E-state index contributed by atoms with van der Waals surface area (Å²) in [6.45, 7) is 5.95. The van der Waals surface area contributed by atoms with Crippen molar-refractivity contribution in [2.45, 2.75) is 26.8 Å². The highest BCUT2D eigenvalue weighted by atomic mass is 16.5. The number of aryl methyl sites for hydroxylation is 2. The summed E-state index contributed by atoms with van der Waals surface area (Å²) in [4.78, 5) is 16.7. The Labute approximate surface area is 145 Å². The fraction of sp³-hybridized carbons (Fsp3) is 0.412. The molecule has 0 aliphatic rings. The molecule has 0 aromatic carbocycles. The summed E-state index contributed by atoms with van der Waals surface area (Å²) in [5.74, 6) is -0.184. The lowest BCUT2D eigenvalue weighted by molar-refractivity contribution is 0.0950. The van der Waals surface area contributed by atoms with Crippen molar-refractivity contribution in [1.29, 1.82) is 0 Å². The van der Waals surface area contributed by atoms with Crippen molar-refractivity contribution in [2.75, 3.05) is 20.3 Å². The molecule has 0 aliphatic heterocycles. The van der Waals surface area contributed by atoms with Gasteiger partial charge in [-0.1, -0.05) is 0 Å². The number of hydrogen-bond acceptors (Lipinski definition) is 5. The zero-order chi connectivity index (χ0) is 17.8. The van der Waals surface area contributed by atoms with Crippen LogP contribution in [-0.4, -0.2) is 50.5 Å². The van der Waals surface area contributed by atoms with E-state index >= 15 is 0 Å². The van der Waals surface area contributed by atoms with Gasteiger partial charge in [-0.3, -0.25) is 9.48 Å². The topological polar surface area (TPSA) is 86.3 Å². The number of nitrogens with zero attached hydrogens (tertiary/aromatic N) is 5. The number of nitrogens with one attached hydrogen (secondary N) is 1. The Bertz CT molecular complexity index is 883. The first kappa shape index (κ1) is 17.1. The van der Waals surface area contributed by atoms with Gasteiger partial charge in [-0.25, -0.2) is 9.50 Å². The van der Waals surface area contributed by atoms with Crippen LogP contribution >= 0.6 is 0 Å². The average Bonchev–Trinajstić information content (AvgIpc) is 3.21. The molecule has 8 heteroatoms. The van der Waals surface area contributed by atoms with Crippen molar-refractivity contribution in [3.63, 3.8) is 0 Å². The number of ether oxygens (including phenoxy) is 1. The molecule has 0 spiro atoms. The Morgan fingerprint density at radius 1 is 1.40 bits per heavy atom. The van der Waals surface area contributed by atoms with Gasteiger partial charge in [0.1, 0.15) is 5.56 Å². The molecular formula is C17H22N6O2. The summed E-state index contributed by atoms with van der Waals surface area (Å²) in [6, 6.07) is 1.88. The molecule has 0 bridgehead atoms. The predicted molar refractivity (Wildman–Crippen MR) is 93.4 cm³/mol. The Morgan fingerprint density at radius 2 is 2.24 bits per heavy atom. The van der Waals surface area contributed by atoms with Crippen molar-refractivity contribution in [3.05, 3.63) is 35.9 Å². The van der Waals surface area contributed by atoms with E-state index in [9.17, 15) is 4.79 Å². The number of hydrogen-bond donors (Lipinski definition) is 1. The van der Waals surface area contributed by atoms with E-state index in [-0.39, 0.29) is 5.91 Å². The molecule has 0 saturated carbocycles. The monoisotopic (exact) mass is 342 g/mol. The zero-order valence-corrected chi connectivity index (χ0v) is 14.7. The third kappa shape index (κ3) is 3.39. The van der Waals surface area contributed by atoms with E-state index in [0.29, 0.717) is 24.4 Å². The first-order chi connectivity index (χ1) is 12.2. The van der Waals surface area contributed by atoms with Gasteiger partial charge >= 0.3 is 0 Å². The van der Waals surface area contributed by atoms with Crippen LogP contribution in [0.2, 0.25) is 0 Å². The van der Waals surface area contributed by atoms with Crippen LogP contribution in [-0.2, 0) is 11.3 Å². The van der Waals surface area contributed by atoms with Crippen LogP contribution in [0.4, 0.5) is 0 Å². The van der Waals surface area contributed by atoms with Gasteiger partial charge < -0.3 is 10.1 Å². The van der Waals surface area contributed by atoms with Crippen LogP contribution in [0.5, 0.6) is 0 Å². The molecule has 25 heavy (non-hydrogen) atoms. The van der Waals surface area contributed by atoms with E-state index in [0.717, 1.165) is 29.9 Å². The number of carbonyl (C=O) groups is 1. The number of rotatable bonds is 7. The maximum Gasteiger partial charge on any atom is 0.256 e. The second-order valence-corrected chi connectivity index (χ2v) is 5.71. The van der Waals surface area contributed by atoms with E-state index in [4.69, 9.17) is 4.74 Å². The fourth-order valence-corrected chi connectivity index (χ4v) is 2.70. The molecule has 1 amide bonds. The summed E-state index contributed by atoms with van der Waals surface area (Å²) in [7, 11) is 1.64. The summed E-state index contributed by atoms with van der Waals surface area (Å²) in [5, 5.41) is 11.7. The van der Waals surface area contributed by atoms with Crippen LogP contribution in [0.1, 0.15) is 29.4 Å². The van der Waals surface area contributed by atoms with Gasteiger partial charge in [0.2, 0.25) is 0 Å². The normalized spacial score (nSPS) is 11.2. The van der Waals surface area contributed by atoms with Crippen molar-refractivity contribution in [2.24, 2.45) is 0 Å². The van der Waals surface area contributed by atoms with Crippen molar-refractivity contribution >= 4 is 11.6 Å². The maximum absolute atomic E-state index is 12.4. The Morgan fingerprint density at radius 3 is 2.96 bits per heavy atom. The molecule has 0 saturated heterocycles. The highest BCUT2D eigenvalue weighted by Crippen LogP contribution is 2.23. The first-order valence-electron chi connectivity index (χ1n) is 8.30. The molecular weight excluding hydrogens is 320 g/mol. The minimum atomic E-state index is -0.184. The van der Waals surface area contributed by atoms with Gasteiger partial charge in [-0.15, -0.1) is 0 Å². The van der Waals surface area contributed by atoms with Gasteiger partial charge in [-0.2, -0.15) is 10.2 Å². The van der Waals surface area contributed by atoms with Crippen LogP contribution in [0.25, 0.3) is 16.9 Å². The summed E-state index contributed by atoms with van der Waals surface area (Å²) < 4.78 is 8.55. The molecule has 8 nitrogen and oxygen atoms in total. The van der Waals surface area contributed by atoms with Crippen molar-refractivity contribution in [3.8, 4) is 11.3 Å². The van der Waals surface area contributed by atoms with Gasteiger partial charge in [0, 0.05) is 44.8 Å². The second kappa shape index (κ2) is 7.43. The third-order valence-electron chi connectivity index (χ3n) is 4.00. The molecule has 0 atom stereocenters. The van der Waals surface area contributed by atoms with E-state index in [1.807, 2.05) is 30.8 Å². The smallest absolute Gasteiger partial charge is 0.256 e. The SMILES string of the molecule is CCn1cc(-c2ccnc3c(C(=O)NCCCOC)cnn23)c(C)n1. The third-order valence-corrected chi connectivity index (χ3v) is 4.00. The van der Waals surface area contributed by atoms with Gasteiger partial charge in [0.25, 0.3) is 5.91 Å². The highest BCUT2D eigenvalue weighted by molar-refractivity contribution is 5.99. The molecule has 3 heterocycles. The molecule has 0 aliphatic carbocycles. The van der Waals surface area contributed by atoms with Gasteiger partial charge in [0.15, 0.2) is 5.65 Å². The summed E-state index contributed by atoms with van der Waals surface area (Å²) >= 11 is 0. The van der Waals surface area contributed by atoms with E-state index in [2.05, 4.69) is 20.5 Å². The van der Waals surface area contributed by atoms with E-state index in [1.54, 1.807) is 24.0 Å². The second-order valence-electron chi connectivity index (χ2n) is 5.71. The Kier molecular flexibility index (Phi) is 5.08. The molecule has 3 aromatic heterocycles. The lowest BCUT2D eigenvalue weighted by atomic mass is 10.2. The number of amides is 1. The van der Waals surface area contributed by atoms with Crippen LogP contribution in [0, 0.1) is 6.92 Å². The number of methoxy groups -OCH3 is 1. The van der Waals surface area contributed by atoms with Gasteiger partial charge in [0.05, 0.1) is 17.6 Å². The zero-order valence-electron chi connectivity index (χ0n) is 14.7. The first-order valence-corrected chi connectivity index (χ1v) is 8.30. The predicted octanol–water partition coefficient (Wildman–Crippen LogP) is 1.69. The lowest BCUT2D eigenvalue weighted by Gasteiger charge is -2.05. The van der Waals surface area contributed by atoms with Crippen LogP contribution < -0.4 is 5.32 Å². The molecule has 0 unspecified atom stereocenters. The largest absolute Gasteiger partial charge is 0.385 e. The lowest BCUT2D eigenvalue weighted by Crippen LogP contribution is -2.25. The van der Waals surface area contributed by atoms with Gasteiger partial charge in [-0.05, 0) is 26.3 Å². The maximum atomic E-state index is 12.4. The summed E-state index contributed by atoms with van der Waals surface area (Å²) in [5.41, 5.74) is 3.74. The highest BCUT2D eigenvalue weighted by Gasteiger charge is 2.17. The quantitative estimate of drug-likeness (QED) is 0.660. The molecule has 0 fully saturated rings. The Balaban J connectivity index is 1.92. The minimum Gasteiger partial charge on any atom is -0.385 e. The number of aromatic nitrogens is 5. The average molecular weight is 342 g/mol. The Hall–Kier alpha value is -2.74. The summed E-state index contributed by atoms with van der Waals surface area (Å²) in [6.07, 6.45) is 5.99. The number of fused-ring (bicyclic) bond motifs is 1. The van der Waals surface area contributed by atoms with Crippen molar-refractivity contribution in [1.82, 2.24) is 29.7 Å². The standard InChI is InChI=1S/C17H22N6O2/c1-4-22-11-14(12(2)21-22)15-6-8-18-16-13(10-20-23(15)16)17(24)19-7-5-9-25-3/h6,8,10-11H,4-5,7,9H2,1-3H3,(H,19,24). The van der Waals surface area contributed by atoms with Crippen LogP contribution in [0.15, 0.2) is 24.7 Å². The van der Waals surface area contributed by atoms with E-state index in [1.165, 1.54) is 0 Å². The fourth-order valence-electron chi connectivity index (χ4n) is 2.70. The molecule has 1 N–H and O–H groups in total. The van der Waals surface area contributed by atoms with Crippen LogP contribution in [0.3, 0.4) is 0 Å². The molecule has 3 aromatic rings. The molecule has 132 valence electrons.